The zero-order valence-corrected chi connectivity index (χ0v) is 11.5. The summed E-state index contributed by atoms with van der Waals surface area (Å²) in [5.41, 5.74) is 0.825. The van der Waals surface area contributed by atoms with Crippen LogP contribution in [0.2, 0.25) is 0 Å². The van der Waals surface area contributed by atoms with Crippen LogP contribution in [0.15, 0.2) is 45.9 Å². The van der Waals surface area contributed by atoms with E-state index in [1.807, 2.05) is 30.5 Å². The Labute approximate surface area is 112 Å². The third-order valence-corrected chi connectivity index (χ3v) is 3.30. The maximum absolute atomic E-state index is 13.6. The van der Waals surface area contributed by atoms with Gasteiger partial charge in [0.1, 0.15) is 0 Å². The highest BCUT2D eigenvalue weighted by Crippen LogP contribution is 2.23. The van der Waals surface area contributed by atoms with Crippen LogP contribution >= 0.6 is 27.7 Å². The van der Waals surface area contributed by atoms with Gasteiger partial charge in [0.05, 0.1) is 0 Å². The van der Waals surface area contributed by atoms with Gasteiger partial charge in [0.25, 0.3) is 0 Å². The molecule has 0 atom stereocenters. The summed E-state index contributed by atoms with van der Waals surface area (Å²) in [6, 6.07) is 9.14. The fourth-order valence-corrected chi connectivity index (χ4v) is 2.11. The molecule has 88 valence electrons. The highest BCUT2D eigenvalue weighted by molar-refractivity contribution is 9.10. The first-order valence-corrected chi connectivity index (χ1v) is 6.93. The number of benzene rings is 1. The van der Waals surface area contributed by atoms with Gasteiger partial charge in [-0.2, -0.15) is 0 Å². The maximum Gasteiger partial charge on any atom is 0.166 e. The van der Waals surface area contributed by atoms with E-state index in [2.05, 4.69) is 26.2 Å². The van der Waals surface area contributed by atoms with Crippen LogP contribution in [0, 0.1) is 5.82 Å². The van der Waals surface area contributed by atoms with E-state index in [-0.39, 0.29) is 11.6 Å². The Morgan fingerprint density at radius 1 is 1.35 bits per heavy atom. The van der Waals surface area contributed by atoms with E-state index >= 15 is 0 Å². The van der Waals surface area contributed by atoms with E-state index in [0.29, 0.717) is 4.47 Å². The molecule has 0 bridgehead atoms. The third-order valence-electron chi connectivity index (χ3n) is 2.14. The molecule has 2 nitrogen and oxygen atoms in total. The molecule has 2 aromatic rings. The normalized spacial score (nSPS) is 10.3. The highest BCUT2D eigenvalue weighted by atomic mass is 79.9. The Hall–Kier alpha value is -1.07. The summed E-state index contributed by atoms with van der Waals surface area (Å²) in [5.74, 6) is -0.152. The summed E-state index contributed by atoms with van der Waals surface area (Å²) in [5, 5.41) is 2.95. The van der Waals surface area contributed by atoms with Crippen molar-refractivity contribution < 1.29 is 4.39 Å². The second-order valence-corrected chi connectivity index (χ2v) is 5.14. The molecule has 17 heavy (non-hydrogen) atoms. The minimum atomic E-state index is -0.381. The molecular weight excluding hydrogens is 303 g/mol. The first-order valence-electron chi connectivity index (χ1n) is 4.91. The SMILES string of the molecule is CSc1cccc(Nc2ncc(Br)cc2F)c1. The van der Waals surface area contributed by atoms with Crippen LogP contribution in [-0.2, 0) is 0 Å². The molecule has 0 aliphatic heterocycles. The summed E-state index contributed by atoms with van der Waals surface area (Å²) in [6.45, 7) is 0. The lowest BCUT2D eigenvalue weighted by Crippen LogP contribution is -1.96. The van der Waals surface area contributed by atoms with E-state index in [0.717, 1.165) is 10.6 Å². The van der Waals surface area contributed by atoms with Gasteiger partial charge in [-0.3, -0.25) is 0 Å². The Balaban J connectivity index is 2.25. The van der Waals surface area contributed by atoms with E-state index in [1.54, 1.807) is 18.0 Å². The van der Waals surface area contributed by atoms with Gasteiger partial charge in [-0.05, 0) is 46.5 Å². The van der Waals surface area contributed by atoms with Crippen molar-refractivity contribution >= 4 is 39.2 Å². The van der Waals surface area contributed by atoms with Crippen molar-refractivity contribution in [3.8, 4) is 0 Å². The Kier molecular flexibility index (Phi) is 4.02. The van der Waals surface area contributed by atoms with E-state index in [1.165, 1.54) is 6.07 Å². The van der Waals surface area contributed by atoms with Crippen LogP contribution in [0.3, 0.4) is 0 Å². The average Bonchev–Trinajstić information content (AvgIpc) is 2.33. The second-order valence-electron chi connectivity index (χ2n) is 3.34. The fraction of sp³-hybridized carbons (Fsp3) is 0.0833. The summed E-state index contributed by atoms with van der Waals surface area (Å²) >= 11 is 4.81. The zero-order chi connectivity index (χ0) is 12.3. The molecule has 0 unspecified atom stereocenters. The summed E-state index contributed by atoms with van der Waals surface area (Å²) in [4.78, 5) is 5.11. The van der Waals surface area contributed by atoms with Crippen molar-refractivity contribution in [2.24, 2.45) is 0 Å². The fourth-order valence-electron chi connectivity index (χ4n) is 1.34. The summed E-state index contributed by atoms with van der Waals surface area (Å²) < 4.78 is 14.2. The van der Waals surface area contributed by atoms with Crippen molar-refractivity contribution in [1.82, 2.24) is 4.98 Å². The minimum absolute atomic E-state index is 0.228. The average molecular weight is 313 g/mol. The number of pyridine rings is 1. The molecule has 1 N–H and O–H groups in total. The van der Waals surface area contributed by atoms with Gasteiger partial charge in [-0.15, -0.1) is 11.8 Å². The van der Waals surface area contributed by atoms with Crippen LogP contribution < -0.4 is 5.32 Å². The molecule has 0 radical (unpaired) electrons. The molecule has 0 spiro atoms. The molecule has 0 amide bonds. The lowest BCUT2D eigenvalue weighted by molar-refractivity contribution is 0.625. The van der Waals surface area contributed by atoms with Gasteiger partial charge >= 0.3 is 0 Å². The smallest absolute Gasteiger partial charge is 0.166 e. The Morgan fingerprint density at radius 3 is 2.88 bits per heavy atom. The predicted molar refractivity (Wildman–Crippen MR) is 73.4 cm³/mol. The van der Waals surface area contributed by atoms with Crippen molar-refractivity contribution in [1.29, 1.82) is 0 Å². The quantitative estimate of drug-likeness (QED) is 0.848. The molecule has 0 saturated carbocycles. The molecule has 5 heteroatoms. The van der Waals surface area contributed by atoms with E-state index in [4.69, 9.17) is 0 Å². The number of rotatable bonds is 3. The van der Waals surface area contributed by atoms with Gasteiger partial charge in [0.15, 0.2) is 11.6 Å². The monoisotopic (exact) mass is 312 g/mol. The van der Waals surface area contributed by atoms with Gasteiger partial charge < -0.3 is 5.32 Å². The second kappa shape index (κ2) is 5.51. The molecule has 1 aromatic heterocycles. The molecule has 0 fully saturated rings. The maximum atomic E-state index is 13.6. The number of thioether (sulfide) groups is 1. The van der Waals surface area contributed by atoms with Crippen molar-refractivity contribution in [2.45, 2.75) is 4.90 Å². The first-order chi connectivity index (χ1) is 8.19. The number of nitrogens with one attached hydrogen (secondary N) is 1. The molecule has 0 saturated heterocycles. The van der Waals surface area contributed by atoms with Gasteiger partial charge in [0, 0.05) is 21.3 Å². The van der Waals surface area contributed by atoms with E-state index in [9.17, 15) is 4.39 Å². The lowest BCUT2D eigenvalue weighted by atomic mass is 10.3. The van der Waals surface area contributed by atoms with Crippen LogP contribution in [0.25, 0.3) is 0 Å². The van der Waals surface area contributed by atoms with Gasteiger partial charge in [0.2, 0.25) is 0 Å². The first kappa shape index (κ1) is 12.4. The third kappa shape index (κ3) is 3.20. The van der Waals surface area contributed by atoms with Gasteiger partial charge in [-0.1, -0.05) is 6.07 Å². The topological polar surface area (TPSA) is 24.9 Å². The molecular formula is C12H10BrFN2S. The lowest BCUT2D eigenvalue weighted by Gasteiger charge is -2.07. The van der Waals surface area contributed by atoms with Crippen LogP contribution in [0.1, 0.15) is 0 Å². The number of aromatic nitrogens is 1. The van der Waals surface area contributed by atoms with Crippen LogP contribution in [0.4, 0.5) is 15.9 Å². The molecule has 0 aliphatic carbocycles. The standard InChI is InChI=1S/C12H10BrFN2S/c1-17-10-4-2-3-9(6-10)16-12-11(14)5-8(13)7-15-12/h2-7H,1H3,(H,15,16). The van der Waals surface area contributed by atoms with E-state index < -0.39 is 0 Å². The number of halogens is 2. The largest absolute Gasteiger partial charge is 0.338 e. The number of hydrogen-bond donors (Lipinski definition) is 1. The van der Waals surface area contributed by atoms with Crippen molar-refractivity contribution in [3.05, 3.63) is 46.8 Å². The Morgan fingerprint density at radius 2 is 2.18 bits per heavy atom. The van der Waals surface area contributed by atoms with Crippen LogP contribution in [-0.4, -0.2) is 11.2 Å². The number of anilines is 2. The van der Waals surface area contributed by atoms with Crippen molar-refractivity contribution in [3.63, 3.8) is 0 Å². The Bertz CT molecular complexity index is 534. The molecule has 1 aromatic carbocycles. The number of hydrogen-bond acceptors (Lipinski definition) is 3. The molecule has 1 heterocycles. The van der Waals surface area contributed by atoms with Crippen LogP contribution in [0.5, 0.6) is 0 Å². The predicted octanol–water partition coefficient (Wildman–Crippen LogP) is 4.45. The summed E-state index contributed by atoms with van der Waals surface area (Å²) in [7, 11) is 0. The number of nitrogens with zero attached hydrogens (tertiary/aromatic N) is 1. The molecule has 0 aliphatic rings. The summed E-state index contributed by atoms with van der Waals surface area (Å²) in [6.07, 6.45) is 3.56. The highest BCUT2D eigenvalue weighted by Gasteiger charge is 2.04. The minimum Gasteiger partial charge on any atom is -0.338 e. The van der Waals surface area contributed by atoms with Crippen molar-refractivity contribution in [2.75, 3.05) is 11.6 Å². The molecule has 2 rings (SSSR count). The van der Waals surface area contributed by atoms with Gasteiger partial charge in [-0.25, -0.2) is 9.37 Å². The zero-order valence-electron chi connectivity index (χ0n) is 9.08.